The Kier molecular flexibility index (Phi) is 9.74. The molecule has 6 nitrogen and oxygen atoms in total. The van der Waals surface area contributed by atoms with Crippen LogP contribution in [0, 0.1) is 6.92 Å². The summed E-state index contributed by atoms with van der Waals surface area (Å²) in [7, 11) is 4.34. The number of nitrogens with zero attached hydrogens (tertiary/aromatic N) is 4. The first kappa shape index (κ1) is 28.5. The van der Waals surface area contributed by atoms with Gasteiger partial charge in [-0.3, -0.25) is 4.79 Å². The zero-order chi connectivity index (χ0) is 27.2. The molecule has 0 unspecified atom stereocenters. The highest BCUT2D eigenvalue weighted by Gasteiger charge is 2.28. The fourth-order valence-corrected chi connectivity index (χ4v) is 5.93. The molecule has 1 aliphatic carbocycles. The fourth-order valence-electron chi connectivity index (χ4n) is 5.59. The molecule has 0 bridgehead atoms. The Hall–Kier alpha value is -2.54. The van der Waals surface area contributed by atoms with Gasteiger partial charge in [0.25, 0.3) is 5.91 Å². The third-order valence-corrected chi connectivity index (χ3v) is 8.25. The summed E-state index contributed by atoms with van der Waals surface area (Å²) in [5.74, 6) is 0.823. The minimum Gasteiger partial charge on any atom is -0.369 e. The molecule has 1 aromatic heterocycles. The van der Waals surface area contributed by atoms with E-state index in [4.69, 9.17) is 23.2 Å². The molecule has 1 amide bonds. The standard InChI is InChI=1S/C30H39Cl2N5O/c1-5-37(26-12-10-25(11-13-26)35(3)4)28-19-24(32)18-27(21(28)2)30(38)34-15-14-29-33-16-17-36(29)20-22-6-8-23(31)9-7-22/h6-9,16-19,25-26H,5,10-15,20H2,1-4H3,(H,34,38). The molecule has 3 aromatic rings. The van der Waals surface area contributed by atoms with E-state index in [1.165, 1.54) is 12.8 Å². The van der Waals surface area contributed by atoms with Gasteiger partial charge in [-0.05, 0) is 89.0 Å². The monoisotopic (exact) mass is 555 g/mol. The lowest BCUT2D eigenvalue weighted by atomic mass is 9.89. The highest BCUT2D eigenvalue weighted by molar-refractivity contribution is 6.31. The van der Waals surface area contributed by atoms with Gasteiger partial charge in [-0.2, -0.15) is 0 Å². The van der Waals surface area contributed by atoms with Crippen LogP contribution in [0.1, 0.15) is 59.9 Å². The second-order valence-electron chi connectivity index (χ2n) is 10.4. The van der Waals surface area contributed by atoms with Crippen LogP contribution in [0.25, 0.3) is 0 Å². The normalized spacial score (nSPS) is 17.6. The highest BCUT2D eigenvalue weighted by Crippen LogP contribution is 2.34. The van der Waals surface area contributed by atoms with Crippen LogP contribution >= 0.6 is 23.2 Å². The van der Waals surface area contributed by atoms with E-state index in [-0.39, 0.29) is 5.91 Å². The molecule has 204 valence electrons. The van der Waals surface area contributed by atoms with Crippen molar-refractivity contribution in [1.29, 1.82) is 0 Å². The molecule has 1 heterocycles. The van der Waals surface area contributed by atoms with Gasteiger partial charge in [0.05, 0.1) is 0 Å². The lowest BCUT2D eigenvalue weighted by molar-refractivity contribution is 0.0953. The molecule has 0 saturated heterocycles. The summed E-state index contributed by atoms with van der Waals surface area (Å²) >= 11 is 12.6. The Labute approximate surface area is 236 Å². The van der Waals surface area contributed by atoms with E-state index < -0.39 is 0 Å². The summed E-state index contributed by atoms with van der Waals surface area (Å²) in [5, 5.41) is 4.41. The van der Waals surface area contributed by atoms with Crippen LogP contribution in [0.5, 0.6) is 0 Å². The lowest BCUT2D eigenvalue weighted by Gasteiger charge is -2.40. The van der Waals surface area contributed by atoms with Crippen molar-refractivity contribution in [3.05, 3.63) is 81.4 Å². The van der Waals surface area contributed by atoms with Crippen LogP contribution in [-0.2, 0) is 13.0 Å². The molecule has 1 fully saturated rings. The number of nitrogens with one attached hydrogen (secondary N) is 1. The Morgan fingerprint density at radius 2 is 1.74 bits per heavy atom. The third-order valence-electron chi connectivity index (χ3n) is 7.78. The molecule has 0 aliphatic heterocycles. The maximum absolute atomic E-state index is 13.3. The predicted octanol–water partition coefficient (Wildman–Crippen LogP) is 6.22. The molecule has 1 N–H and O–H groups in total. The van der Waals surface area contributed by atoms with E-state index in [0.717, 1.165) is 47.0 Å². The number of carbonyl (C=O) groups excluding carboxylic acids is 1. The van der Waals surface area contributed by atoms with Gasteiger partial charge in [-0.25, -0.2) is 4.98 Å². The minimum absolute atomic E-state index is 0.102. The maximum Gasteiger partial charge on any atom is 0.251 e. The van der Waals surface area contributed by atoms with Gasteiger partial charge in [0.2, 0.25) is 0 Å². The molecule has 2 aromatic carbocycles. The fraction of sp³-hybridized carbons (Fsp3) is 0.467. The number of halogens is 2. The Bertz CT molecular complexity index is 1220. The molecule has 1 aliphatic rings. The number of amides is 1. The van der Waals surface area contributed by atoms with E-state index in [2.05, 4.69) is 45.7 Å². The van der Waals surface area contributed by atoms with Crippen LogP contribution in [0.2, 0.25) is 10.0 Å². The molecule has 0 atom stereocenters. The van der Waals surface area contributed by atoms with Gasteiger partial charge < -0.3 is 19.7 Å². The second kappa shape index (κ2) is 13.0. The Morgan fingerprint density at radius 3 is 2.39 bits per heavy atom. The zero-order valence-corrected chi connectivity index (χ0v) is 24.4. The molecular weight excluding hydrogens is 517 g/mol. The van der Waals surface area contributed by atoms with Gasteiger partial charge in [0.1, 0.15) is 5.82 Å². The molecule has 0 radical (unpaired) electrons. The summed E-state index contributed by atoms with van der Waals surface area (Å²) in [6.45, 7) is 6.30. The number of carbonyl (C=O) groups is 1. The van der Waals surface area contributed by atoms with E-state index in [1.54, 1.807) is 12.3 Å². The number of rotatable bonds is 10. The molecule has 4 rings (SSSR count). The van der Waals surface area contributed by atoms with Crippen molar-refractivity contribution in [2.45, 2.75) is 64.6 Å². The van der Waals surface area contributed by atoms with E-state index in [0.29, 0.717) is 42.2 Å². The molecule has 8 heteroatoms. The number of aromatic nitrogens is 2. The van der Waals surface area contributed by atoms with Crippen molar-refractivity contribution < 1.29 is 4.79 Å². The number of hydrogen-bond donors (Lipinski definition) is 1. The average Bonchev–Trinajstić information content (AvgIpc) is 3.34. The van der Waals surface area contributed by atoms with Gasteiger partial charge >= 0.3 is 0 Å². The predicted molar refractivity (Wildman–Crippen MR) is 158 cm³/mol. The first-order valence-electron chi connectivity index (χ1n) is 13.5. The van der Waals surface area contributed by atoms with Crippen molar-refractivity contribution in [3.63, 3.8) is 0 Å². The first-order valence-corrected chi connectivity index (χ1v) is 14.3. The van der Waals surface area contributed by atoms with Crippen molar-refractivity contribution in [3.8, 4) is 0 Å². The van der Waals surface area contributed by atoms with E-state index in [9.17, 15) is 4.79 Å². The summed E-state index contributed by atoms with van der Waals surface area (Å²) < 4.78 is 2.10. The zero-order valence-electron chi connectivity index (χ0n) is 22.9. The van der Waals surface area contributed by atoms with Crippen LogP contribution < -0.4 is 10.2 Å². The van der Waals surface area contributed by atoms with Crippen molar-refractivity contribution in [1.82, 2.24) is 19.8 Å². The van der Waals surface area contributed by atoms with Gasteiger partial charge in [-0.15, -0.1) is 0 Å². The first-order chi connectivity index (χ1) is 18.3. The van der Waals surface area contributed by atoms with Gasteiger partial charge in [0, 0.05) is 71.8 Å². The third kappa shape index (κ3) is 6.90. The summed E-state index contributed by atoms with van der Waals surface area (Å²) in [5.41, 5.74) is 3.83. The molecule has 1 saturated carbocycles. The van der Waals surface area contributed by atoms with Gasteiger partial charge in [0.15, 0.2) is 0 Å². The van der Waals surface area contributed by atoms with Crippen LogP contribution in [0.4, 0.5) is 5.69 Å². The van der Waals surface area contributed by atoms with Crippen molar-refractivity contribution in [2.24, 2.45) is 0 Å². The van der Waals surface area contributed by atoms with E-state index in [1.807, 2.05) is 43.5 Å². The van der Waals surface area contributed by atoms with Crippen molar-refractivity contribution >= 4 is 34.8 Å². The van der Waals surface area contributed by atoms with Crippen molar-refractivity contribution in [2.75, 3.05) is 32.1 Å². The largest absolute Gasteiger partial charge is 0.369 e. The number of hydrogen-bond acceptors (Lipinski definition) is 4. The topological polar surface area (TPSA) is 53.4 Å². The lowest BCUT2D eigenvalue weighted by Crippen LogP contribution is -2.42. The minimum atomic E-state index is -0.102. The second-order valence-corrected chi connectivity index (χ2v) is 11.3. The number of benzene rings is 2. The van der Waals surface area contributed by atoms with Crippen LogP contribution in [0.15, 0.2) is 48.8 Å². The molecule has 0 spiro atoms. The van der Waals surface area contributed by atoms with Crippen LogP contribution in [0.3, 0.4) is 0 Å². The molecule has 38 heavy (non-hydrogen) atoms. The number of imidazole rings is 1. The maximum atomic E-state index is 13.3. The smallest absolute Gasteiger partial charge is 0.251 e. The van der Waals surface area contributed by atoms with E-state index >= 15 is 0 Å². The molecular formula is C30H39Cl2N5O. The van der Waals surface area contributed by atoms with Gasteiger partial charge in [-0.1, -0.05) is 35.3 Å². The Morgan fingerprint density at radius 1 is 1.05 bits per heavy atom. The summed E-state index contributed by atoms with van der Waals surface area (Å²) in [6, 6.07) is 12.7. The SMILES string of the molecule is CCN(c1cc(Cl)cc(C(=O)NCCc2nccn2Cc2ccc(Cl)cc2)c1C)C1CCC(N(C)C)CC1. The Balaban J connectivity index is 1.41. The quantitative estimate of drug-likeness (QED) is 0.322. The summed E-state index contributed by atoms with van der Waals surface area (Å²) in [4.78, 5) is 22.6. The highest BCUT2D eigenvalue weighted by atomic mass is 35.5. The van der Waals surface area contributed by atoms with Crippen LogP contribution in [-0.4, -0.2) is 59.6 Å². The number of anilines is 1. The average molecular weight is 557 g/mol. The summed E-state index contributed by atoms with van der Waals surface area (Å²) in [6.07, 6.45) is 9.06.